The summed E-state index contributed by atoms with van der Waals surface area (Å²) in [6.45, 7) is 6.60. The quantitative estimate of drug-likeness (QED) is 0.486. The van der Waals surface area contributed by atoms with E-state index in [1.165, 1.54) is 37.7 Å². The number of fused-ring (bicyclic) bond motifs is 2. The Kier molecular flexibility index (Phi) is 3.46. The summed E-state index contributed by atoms with van der Waals surface area (Å²) in [5.41, 5.74) is 6.13. The van der Waals surface area contributed by atoms with Gasteiger partial charge in [0.1, 0.15) is 0 Å². The fourth-order valence-corrected chi connectivity index (χ4v) is 4.44. The third kappa shape index (κ3) is 2.09. The number of hydrogen-bond acceptors (Lipinski definition) is 2. The van der Waals surface area contributed by atoms with Crippen molar-refractivity contribution in [1.29, 1.82) is 0 Å². The average molecular weight is 336 g/mol. The molecule has 0 fully saturated rings. The van der Waals surface area contributed by atoms with Crippen LogP contribution in [-0.2, 0) is 14.1 Å². The van der Waals surface area contributed by atoms with E-state index in [4.69, 9.17) is 4.98 Å². The van der Waals surface area contributed by atoms with Gasteiger partial charge in [0.05, 0.1) is 34.9 Å². The van der Waals surface area contributed by atoms with Crippen LogP contribution in [0.4, 0.5) is 0 Å². The third-order valence-electron chi connectivity index (χ3n) is 4.74. The van der Waals surface area contributed by atoms with Crippen molar-refractivity contribution in [2.24, 2.45) is 14.1 Å². The van der Waals surface area contributed by atoms with Gasteiger partial charge in [0.25, 0.3) is 5.82 Å². The molecule has 0 bridgehead atoms. The molecule has 0 radical (unpaired) electrons. The molecule has 0 aliphatic carbocycles. The molecule has 0 spiro atoms. The van der Waals surface area contributed by atoms with Gasteiger partial charge in [-0.2, -0.15) is 0 Å². The van der Waals surface area contributed by atoms with E-state index in [0.29, 0.717) is 5.92 Å². The third-order valence-corrected chi connectivity index (χ3v) is 6.06. The molecule has 2 heterocycles. The Morgan fingerprint density at radius 3 is 2.58 bits per heavy atom. The zero-order valence-electron chi connectivity index (χ0n) is 14.8. The molecule has 24 heavy (non-hydrogen) atoms. The lowest BCUT2D eigenvalue weighted by atomic mass is 10.1. The summed E-state index contributed by atoms with van der Waals surface area (Å²) in [4.78, 5) is 4.99. The van der Waals surface area contributed by atoms with Crippen molar-refractivity contribution in [2.45, 2.75) is 26.7 Å². The van der Waals surface area contributed by atoms with E-state index < -0.39 is 0 Å². The molecule has 2 aromatic carbocycles. The number of aromatic nitrogens is 3. The van der Waals surface area contributed by atoms with Crippen LogP contribution in [0.3, 0.4) is 0 Å². The Hall–Kier alpha value is -2.20. The number of hydrogen-bond donors (Lipinski definition) is 0. The van der Waals surface area contributed by atoms with Crippen LogP contribution in [0.2, 0.25) is 0 Å². The lowest BCUT2D eigenvalue weighted by Crippen LogP contribution is -2.30. The van der Waals surface area contributed by atoms with Gasteiger partial charge in [0.2, 0.25) is 0 Å². The van der Waals surface area contributed by atoms with Crippen LogP contribution >= 0.6 is 11.3 Å². The first-order valence-corrected chi connectivity index (χ1v) is 9.14. The van der Waals surface area contributed by atoms with Crippen molar-refractivity contribution >= 4 is 32.6 Å². The Labute approximate surface area is 146 Å². The number of para-hydroxylation sites is 2. The largest absolute Gasteiger partial charge is 0.291 e. The summed E-state index contributed by atoms with van der Waals surface area (Å²) >= 11 is 1.81. The minimum atomic E-state index is 0.455. The normalized spacial score (nSPS) is 11.9. The summed E-state index contributed by atoms with van der Waals surface area (Å²) in [7, 11) is 4.29. The van der Waals surface area contributed by atoms with Gasteiger partial charge in [0.15, 0.2) is 11.0 Å². The SMILES string of the molecule is Cc1ccc2sc(C(C)C)nc2c1-c1n(C)c2ccccc2[n+]1C. The van der Waals surface area contributed by atoms with Crippen LogP contribution in [0.25, 0.3) is 32.6 Å². The molecule has 122 valence electrons. The van der Waals surface area contributed by atoms with Gasteiger partial charge in [-0.3, -0.25) is 0 Å². The van der Waals surface area contributed by atoms with Gasteiger partial charge >= 0.3 is 0 Å². The van der Waals surface area contributed by atoms with Gasteiger partial charge in [-0.05, 0) is 30.7 Å². The Morgan fingerprint density at radius 2 is 1.88 bits per heavy atom. The molecule has 0 atom stereocenters. The van der Waals surface area contributed by atoms with Crippen LogP contribution in [0.5, 0.6) is 0 Å². The fourth-order valence-electron chi connectivity index (χ4n) is 3.46. The van der Waals surface area contributed by atoms with Crippen LogP contribution in [0, 0.1) is 6.92 Å². The van der Waals surface area contributed by atoms with Crippen molar-refractivity contribution in [3.63, 3.8) is 0 Å². The summed E-state index contributed by atoms with van der Waals surface area (Å²) in [5, 5.41) is 1.21. The summed E-state index contributed by atoms with van der Waals surface area (Å²) in [5.74, 6) is 1.66. The highest BCUT2D eigenvalue weighted by Crippen LogP contribution is 2.36. The average Bonchev–Trinajstić information content (AvgIpc) is 3.10. The molecular formula is C20H22N3S+. The number of aryl methyl sites for hydroxylation is 3. The molecule has 0 unspecified atom stereocenters. The highest BCUT2D eigenvalue weighted by molar-refractivity contribution is 7.18. The number of imidazole rings is 1. The van der Waals surface area contributed by atoms with E-state index in [9.17, 15) is 0 Å². The standard InChI is InChI=1S/C20H22N3S/c1-12(2)19-21-18-16(24-19)11-10-13(3)17(18)20-22(4)14-8-6-7-9-15(14)23(20)5/h6-12H,1-5H3/q+1. The van der Waals surface area contributed by atoms with E-state index >= 15 is 0 Å². The van der Waals surface area contributed by atoms with Crippen molar-refractivity contribution in [1.82, 2.24) is 9.55 Å². The minimum absolute atomic E-state index is 0.455. The second-order valence-corrected chi connectivity index (χ2v) is 7.80. The summed E-state index contributed by atoms with van der Waals surface area (Å²) in [6, 6.07) is 13.0. The summed E-state index contributed by atoms with van der Waals surface area (Å²) < 4.78 is 5.83. The molecule has 4 rings (SSSR count). The molecule has 0 amide bonds. The number of thiazole rings is 1. The predicted molar refractivity (Wildman–Crippen MR) is 102 cm³/mol. The van der Waals surface area contributed by atoms with E-state index in [1.54, 1.807) is 0 Å². The van der Waals surface area contributed by atoms with Crippen molar-refractivity contribution in [3.8, 4) is 11.4 Å². The first-order valence-electron chi connectivity index (χ1n) is 8.33. The first-order chi connectivity index (χ1) is 11.5. The van der Waals surface area contributed by atoms with Gasteiger partial charge in [-0.15, -0.1) is 11.3 Å². The van der Waals surface area contributed by atoms with Crippen LogP contribution in [0.1, 0.15) is 30.3 Å². The second-order valence-electron chi connectivity index (χ2n) is 6.74. The topological polar surface area (TPSA) is 21.7 Å². The molecule has 3 nitrogen and oxygen atoms in total. The Bertz CT molecular complexity index is 1030. The highest BCUT2D eigenvalue weighted by Gasteiger charge is 2.26. The van der Waals surface area contributed by atoms with Crippen molar-refractivity contribution < 1.29 is 4.57 Å². The zero-order chi connectivity index (χ0) is 17.0. The number of nitrogens with zero attached hydrogens (tertiary/aromatic N) is 3. The summed E-state index contributed by atoms with van der Waals surface area (Å²) in [6.07, 6.45) is 0. The molecule has 0 saturated carbocycles. The minimum Gasteiger partial charge on any atom is -0.240 e. The number of benzene rings is 2. The van der Waals surface area contributed by atoms with E-state index in [-0.39, 0.29) is 0 Å². The van der Waals surface area contributed by atoms with Crippen LogP contribution < -0.4 is 4.57 Å². The van der Waals surface area contributed by atoms with E-state index in [1.807, 2.05) is 11.3 Å². The first kappa shape index (κ1) is 15.3. The maximum absolute atomic E-state index is 4.99. The smallest absolute Gasteiger partial charge is 0.240 e. The van der Waals surface area contributed by atoms with Gasteiger partial charge in [-0.25, -0.2) is 14.1 Å². The molecule has 4 aromatic rings. The highest BCUT2D eigenvalue weighted by atomic mass is 32.1. The molecular weight excluding hydrogens is 314 g/mol. The molecule has 4 heteroatoms. The van der Waals surface area contributed by atoms with Gasteiger partial charge in [-0.1, -0.05) is 32.0 Å². The molecule has 0 N–H and O–H groups in total. The lowest BCUT2D eigenvalue weighted by molar-refractivity contribution is -0.634. The molecule has 0 aliphatic heterocycles. The number of rotatable bonds is 2. The predicted octanol–water partition coefficient (Wildman–Crippen LogP) is 4.71. The Morgan fingerprint density at radius 1 is 1.12 bits per heavy atom. The fraction of sp³-hybridized carbons (Fsp3) is 0.300. The molecule has 2 aromatic heterocycles. The van der Waals surface area contributed by atoms with Crippen LogP contribution in [-0.4, -0.2) is 9.55 Å². The molecule has 0 saturated heterocycles. The zero-order valence-corrected chi connectivity index (χ0v) is 15.6. The maximum Gasteiger partial charge on any atom is 0.291 e. The molecule has 0 aliphatic rings. The van der Waals surface area contributed by atoms with Gasteiger partial charge < -0.3 is 0 Å². The van der Waals surface area contributed by atoms with Crippen molar-refractivity contribution in [2.75, 3.05) is 0 Å². The van der Waals surface area contributed by atoms with Crippen molar-refractivity contribution in [3.05, 3.63) is 47.0 Å². The van der Waals surface area contributed by atoms with E-state index in [0.717, 1.165) is 5.52 Å². The van der Waals surface area contributed by atoms with Gasteiger partial charge in [0, 0.05) is 5.92 Å². The lowest BCUT2D eigenvalue weighted by Gasteiger charge is -2.04. The van der Waals surface area contributed by atoms with E-state index in [2.05, 4.69) is 80.4 Å². The van der Waals surface area contributed by atoms with Crippen LogP contribution in [0.15, 0.2) is 36.4 Å². The second kappa shape index (κ2) is 5.42. The monoisotopic (exact) mass is 336 g/mol. The Balaban J connectivity index is 2.12. The maximum atomic E-state index is 4.99.